The van der Waals surface area contributed by atoms with Gasteiger partial charge in [0.05, 0.1) is 6.61 Å². The Morgan fingerprint density at radius 2 is 2.00 bits per heavy atom. The number of likely N-dealkylation sites (N-methyl/N-ethyl adjacent to an activating group) is 1. The first-order chi connectivity index (χ1) is 10.2. The molecule has 1 fully saturated rings. The Balaban J connectivity index is 1.92. The predicted octanol–water partition coefficient (Wildman–Crippen LogP) is 2.40. The third-order valence-corrected chi connectivity index (χ3v) is 4.31. The van der Waals surface area contributed by atoms with E-state index in [0.29, 0.717) is 12.6 Å². The lowest BCUT2D eigenvalue weighted by Gasteiger charge is -2.23. The predicted molar refractivity (Wildman–Crippen MR) is 90.2 cm³/mol. The number of hydrogen-bond acceptors (Lipinski definition) is 4. The van der Waals surface area contributed by atoms with Gasteiger partial charge in [0.2, 0.25) is 0 Å². The van der Waals surface area contributed by atoms with Crippen LogP contribution >= 0.6 is 0 Å². The molecule has 1 aliphatic rings. The van der Waals surface area contributed by atoms with Gasteiger partial charge in [-0.2, -0.15) is 0 Å². The van der Waals surface area contributed by atoms with Crippen molar-refractivity contribution >= 4 is 11.4 Å². The first-order valence-electron chi connectivity index (χ1n) is 8.14. The molecule has 2 N–H and O–H groups in total. The molecule has 0 amide bonds. The van der Waals surface area contributed by atoms with E-state index in [4.69, 9.17) is 5.11 Å². The number of nitrogens with one attached hydrogen (secondary N) is 1. The summed E-state index contributed by atoms with van der Waals surface area (Å²) >= 11 is 0. The topological polar surface area (TPSA) is 38.7 Å². The van der Waals surface area contributed by atoms with Crippen LogP contribution in [0.5, 0.6) is 0 Å². The molecule has 4 heteroatoms. The monoisotopic (exact) mass is 291 g/mol. The van der Waals surface area contributed by atoms with E-state index in [1.165, 1.54) is 43.7 Å². The Morgan fingerprint density at radius 1 is 1.24 bits per heavy atom. The number of anilines is 2. The van der Waals surface area contributed by atoms with Crippen LogP contribution in [0.3, 0.4) is 0 Å². The minimum absolute atomic E-state index is 0.198. The summed E-state index contributed by atoms with van der Waals surface area (Å²) in [5.74, 6) is 0. The highest BCUT2D eigenvalue weighted by atomic mass is 16.3. The molecule has 4 nitrogen and oxygen atoms in total. The van der Waals surface area contributed by atoms with Crippen LogP contribution in [0, 0.1) is 0 Å². The van der Waals surface area contributed by atoms with Crippen molar-refractivity contribution in [1.29, 1.82) is 0 Å². The number of benzene rings is 1. The summed E-state index contributed by atoms with van der Waals surface area (Å²) in [5, 5.41) is 12.8. The second-order valence-electron chi connectivity index (χ2n) is 5.93. The molecule has 0 bridgehead atoms. The molecule has 2 rings (SSSR count). The van der Waals surface area contributed by atoms with Gasteiger partial charge in [-0.1, -0.05) is 0 Å². The molecular formula is C17H29N3O. The first-order valence-corrected chi connectivity index (χ1v) is 8.14. The summed E-state index contributed by atoms with van der Waals surface area (Å²) in [6.07, 6.45) is 3.73. The molecule has 0 saturated carbocycles. The van der Waals surface area contributed by atoms with Crippen LogP contribution in [0.2, 0.25) is 0 Å². The van der Waals surface area contributed by atoms with E-state index in [9.17, 15) is 0 Å². The minimum Gasteiger partial charge on any atom is -0.395 e. The average molecular weight is 291 g/mol. The fraction of sp³-hybridized carbons (Fsp3) is 0.647. The lowest BCUT2D eigenvalue weighted by Crippen LogP contribution is -2.26. The van der Waals surface area contributed by atoms with Gasteiger partial charge in [0.25, 0.3) is 0 Å². The molecule has 0 radical (unpaired) electrons. The zero-order chi connectivity index (χ0) is 15.1. The van der Waals surface area contributed by atoms with Crippen LogP contribution in [-0.4, -0.2) is 55.9 Å². The summed E-state index contributed by atoms with van der Waals surface area (Å²) in [7, 11) is 2.21. The van der Waals surface area contributed by atoms with Gasteiger partial charge in [-0.15, -0.1) is 0 Å². The van der Waals surface area contributed by atoms with E-state index in [0.717, 1.165) is 6.54 Å². The molecule has 1 saturated heterocycles. The van der Waals surface area contributed by atoms with Crippen molar-refractivity contribution in [2.45, 2.75) is 32.2 Å². The number of likely N-dealkylation sites (tertiary alicyclic amines) is 1. The highest BCUT2D eigenvalue weighted by Crippen LogP contribution is 2.20. The van der Waals surface area contributed by atoms with Crippen molar-refractivity contribution in [3.63, 3.8) is 0 Å². The van der Waals surface area contributed by atoms with Crippen LogP contribution in [0.1, 0.15) is 26.2 Å². The standard InChI is InChI=1S/C17H29N3O/c1-3-20(13-14-21)17-8-6-16(7-9-17)18-15-5-4-11-19(2)12-10-15/h6-9,15,18,21H,3-5,10-14H2,1-2H3. The molecule has 1 aliphatic heterocycles. The number of aliphatic hydroxyl groups excluding tert-OH is 1. The fourth-order valence-corrected chi connectivity index (χ4v) is 2.98. The summed E-state index contributed by atoms with van der Waals surface area (Å²) in [5.41, 5.74) is 2.38. The SMILES string of the molecule is CCN(CCO)c1ccc(NC2CCCN(C)CC2)cc1. The highest BCUT2D eigenvalue weighted by molar-refractivity contribution is 5.55. The molecule has 1 unspecified atom stereocenters. The molecule has 1 aromatic carbocycles. The second kappa shape index (κ2) is 8.25. The quantitative estimate of drug-likeness (QED) is 0.844. The fourth-order valence-electron chi connectivity index (χ4n) is 2.98. The molecule has 1 heterocycles. The maximum absolute atomic E-state index is 9.09. The Morgan fingerprint density at radius 3 is 2.67 bits per heavy atom. The van der Waals surface area contributed by atoms with E-state index < -0.39 is 0 Å². The molecule has 21 heavy (non-hydrogen) atoms. The van der Waals surface area contributed by atoms with Gasteiger partial charge in [-0.05, 0) is 70.6 Å². The number of nitrogens with zero attached hydrogens (tertiary/aromatic N) is 2. The van der Waals surface area contributed by atoms with Crippen LogP contribution in [-0.2, 0) is 0 Å². The smallest absolute Gasteiger partial charge is 0.0606 e. The lowest BCUT2D eigenvalue weighted by atomic mass is 10.1. The summed E-state index contributed by atoms with van der Waals surface area (Å²) < 4.78 is 0. The molecule has 1 atom stereocenters. The summed E-state index contributed by atoms with van der Waals surface area (Å²) in [4.78, 5) is 4.60. The molecule has 1 aromatic rings. The van der Waals surface area contributed by atoms with Gasteiger partial charge in [-0.3, -0.25) is 0 Å². The van der Waals surface area contributed by atoms with Crippen LogP contribution in [0.4, 0.5) is 11.4 Å². The van der Waals surface area contributed by atoms with Gasteiger partial charge in [-0.25, -0.2) is 0 Å². The van der Waals surface area contributed by atoms with Crippen molar-refractivity contribution < 1.29 is 5.11 Å². The third-order valence-electron chi connectivity index (χ3n) is 4.31. The molecule has 0 aliphatic carbocycles. The molecule has 0 spiro atoms. The molecule has 0 aromatic heterocycles. The van der Waals surface area contributed by atoms with E-state index in [-0.39, 0.29) is 6.61 Å². The highest BCUT2D eigenvalue weighted by Gasteiger charge is 2.14. The number of aliphatic hydroxyl groups is 1. The number of rotatable bonds is 6. The van der Waals surface area contributed by atoms with Gasteiger partial charge >= 0.3 is 0 Å². The Bertz CT molecular complexity index is 407. The third kappa shape index (κ3) is 4.90. The van der Waals surface area contributed by atoms with E-state index >= 15 is 0 Å². The van der Waals surface area contributed by atoms with Crippen LogP contribution < -0.4 is 10.2 Å². The van der Waals surface area contributed by atoms with Crippen molar-refractivity contribution in [3.05, 3.63) is 24.3 Å². The number of hydrogen-bond donors (Lipinski definition) is 2. The van der Waals surface area contributed by atoms with Crippen molar-refractivity contribution in [1.82, 2.24) is 4.90 Å². The zero-order valence-electron chi connectivity index (χ0n) is 13.4. The van der Waals surface area contributed by atoms with Crippen molar-refractivity contribution in [3.8, 4) is 0 Å². The zero-order valence-corrected chi connectivity index (χ0v) is 13.4. The Hall–Kier alpha value is -1.26. The van der Waals surface area contributed by atoms with E-state index in [2.05, 4.69) is 53.4 Å². The summed E-state index contributed by atoms with van der Waals surface area (Å²) in [6, 6.07) is 9.18. The maximum atomic E-state index is 9.09. The van der Waals surface area contributed by atoms with Gasteiger partial charge in [0, 0.05) is 30.5 Å². The van der Waals surface area contributed by atoms with Crippen LogP contribution in [0.25, 0.3) is 0 Å². The van der Waals surface area contributed by atoms with Crippen molar-refractivity contribution in [2.75, 3.05) is 50.1 Å². The van der Waals surface area contributed by atoms with Gasteiger partial charge in [0.15, 0.2) is 0 Å². The largest absolute Gasteiger partial charge is 0.395 e. The second-order valence-corrected chi connectivity index (χ2v) is 5.93. The molecular weight excluding hydrogens is 262 g/mol. The van der Waals surface area contributed by atoms with Crippen LogP contribution in [0.15, 0.2) is 24.3 Å². The normalized spacial score (nSPS) is 20.0. The van der Waals surface area contributed by atoms with E-state index in [1.807, 2.05) is 0 Å². The average Bonchev–Trinajstić information content (AvgIpc) is 2.70. The van der Waals surface area contributed by atoms with Crippen molar-refractivity contribution in [2.24, 2.45) is 0 Å². The van der Waals surface area contributed by atoms with E-state index in [1.54, 1.807) is 0 Å². The Labute approximate surface area is 128 Å². The van der Waals surface area contributed by atoms with Gasteiger partial charge < -0.3 is 20.2 Å². The minimum atomic E-state index is 0.198. The first kappa shape index (κ1) is 16.1. The van der Waals surface area contributed by atoms with Gasteiger partial charge in [0.1, 0.15) is 0 Å². The lowest BCUT2D eigenvalue weighted by molar-refractivity contribution is 0.302. The molecule has 118 valence electrons. The maximum Gasteiger partial charge on any atom is 0.0606 e. The summed E-state index contributed by atoms with van der Waals surface area (Å²) in [6.45, 7) is 6.31. The Kier molecular flexibility index (Phi) is 6.33.